The number of nitrogens with one attached hydrogen (secondary N) is 1. The third-order valence-electron chi connectivity index (χ3n) is 3.70. The summed E-state index contributed by atoms with van der Waals surface area (Å²) >= 11 is 0. The van der Waals surface area contributed by atoms with Gasteiger partial charge in [-0.05, 0) is 24.6 Å². The maximum atomic E-state index is 12.4. The summed E-state index contributed by atoms with van der Waals surface area (Å²) in [4.78, 5) is 18.5. The first-order chi connectivity index (χ1) is 10.8. The summed E-state index contributed by atoms with van der Waals surface area (Å²) in [5.74, 6) is 0.709. The van der Waals surface area contributed by atoms with E-state index in [2.05, 4.69) is 22.3 Å². The van der Waals surface area contributed by atoms with Gasteiger partial charge in [0.05, 0.1) is 31.1 Å². The topological polar surface area (TPSA) is 72.3 Å². The molecule has 2 amide bonds. The predicted molar refractivity (Wildman–Crippen MR) is 82.0 cm³/mol. The second-order valence-corrected chi connectivity index (χ2v) is 5.12. The van der Waals surface area contributed by atoms with Crippen molar-refractivity contribution in [3.05, 3.63) is 36.8 Å². The van der Waals surface area contributed by atoms with E-state index in [1.54, 1.807) is 17.1 Å². The van der Waals surface area contributed by atoms with Crippen molar-refractivity contribution in [3.8, 4) is 5.82 Å². The van der Waals surface area contributed by atoms with Crippen molar-refractivity contribution in [3.63, 3.8) is 0 Å². The monoisotopic (exact) mass is 301 g/mol. The average molecular weight is 301 g/mol. The van der Waals surface area contributed by atoms with Gasteiger partial charge < -0.3 is 15.0 Å². The molecule has 116 valence electrons. The number of rotatable bonds is 3. The second kappa shape index (κ2) is 6.57. The minimum Gasteiger partial charge on any atom is -0.377 e. The highest BCUT2D eigenvalue weighted by atomic mass is 16.5. The van der Waals surface area contributed by atoms with Crippen LogP contribution in [0.1, 0.15) is 13.3 Å². The van der Waals surface area contributed by atoms with Crippen LogP contribution in [-0.2, 0) is 4.74 Å². The lowest BCUT2D eigenvalue weighted by atomic mass is 10.2. The van der Waals surface area contributed by atoms with Gasteiger partial charge in [-0.2, -0.15) is 5.10 Å². The molecule has 1 saturated heterocycles. The van der Waals surface area contributed by atoms with E-state index in [1.165, 1.54) is 0 Å². The molecule has 1 unspecified atom stereocenters. The van der Waals surface area contributed by atoms with Crippen molar-refractivity contribution in [2.45, 2.75) is 19.4 Å². The van der Waals surface area contributed by atoms with Gasteiger partial charge in [0.25, 0.3) is 0 Å². The highest BCUT2D eigenvalue weighted by Gasteiger charge is 2.25. The van der Waals surface area contributed by atoms with E-state index in [-0.39, 0.29) is 12.1 Å². The Bertz CT molecular complexity index is 611. The number of pyridine rings is 1. The summed E-state index contributed by atoms with van der Waals surface area (Å²) in [6, 6.07) is 5.50. The van der Waals surface area contributed by atoms with E-state index in [9.17, 15) is 4.79 Å². The number of anilines is 1. The van der Waals surface area contributed by atoms with Gasteiger partial charge in [-0.25, -0.2) is 14.5 Å². The molecule has 0 aromatic carbocycles. The summed E-state index contributed by atoms with van der Waals surface area (Å²) in [7, 11) is 0. The smallest absolute Gasteiger partial charge is 0.322 e. The highest BCUT2D eigenvalue weighted by Crippen LogP contribution is 2.14. The highest BCUT2D eigenvalue weighted by molar-refractivity contribution is 5.89. The summed E-state index contributed by atoms with van der Waals surface area (Å²) < 4.78 is 7.08. The Hall–Kier alpha value is -2.41. The maximum absolute atomic E-state index is 12.4. The standard InChI is InChI=1S/C15H19N5O2/c1-2-13-11-22-9-8-19(13)15(21)18-12-4-5-14(16-10-12)20-7-3-6-17-20/h3-7,10,13H,2,8-9,11H2,1H3,(H,18,21). The van der Waals surface area contributed by atoms with Crippen LogP contribution in [-0.4, -0.2) is 51.5 Å². The maximum Gasteiger partial charge on any atom is 0.322 e. The van der Waals surface area contributed by atoms with Gasteiger partial charge in [0.1, 0.15) is 0 Å². The number of urea groups is 1. The SMILES string of the molecule is CCC1COCCN1C(=O)Nc1ccc(-n2cccn2)nc1. The zero-order valence-electron chi connectivity index (χ0n) is 12.5. The predicted octanol–water partition coefficient (Wildman–Crippen LogP) is 1.91. The van der Waals surface area contributed by atoms with Crippen LogP contribution in [0, 0.1) is 0 Å². The van der Waals surface area contributed by atoms with E-state index < -0.39 is 0 Å². The Kier molecular flexibility index (Phi) is 4.34. The minimum absolute atomic E-state index is 0.108. The lowest BCUT2D eigenvalue weighted by molar-refractivity contribution is 0.0144. The number of carbonyl (C=O) groups excluding carboxylic acids is 1. The molecule has 7 heteroatoms. The molecule has 1 atom stereocenters. The van der Waals surface area contributed by atoms with Crippen LogP contribution in [0.2, 0.25) is 0 Å². The third-order valence-corrected chi connectivity index (χ3v) is 3.70. The van der Waals surface area contributed by atoms with E-state index in [4.69, 9.17) is 4.74 Å². The molecule has 1 aliphatic rings. The second-order valence-electron chi connectivity index (χ2n) is 5.12. The minimum atomic E-state index is -0.108. The van der Waals surface area contributed by atoms with Crippen molar-refractivity contribution in [2.75, 3.05) is 25.1 Å². The Morgan fingerprint density at radius 3 is 3.09 bits per heavy atom. The largest absolute Gasteiger partial charge is 0.377 e. The van der Waals surface area contributed by atoms with Gasteiger partial charge in [0.2, 0.25) is 0 Å². The zero-order chi connectivity index (χ0) is 15.4. The first kappa shape index (κ1) is 14.5. The first-order valence-corrected chi connectivity index (χ1v) is 7.39. The summed E-state index contributed by atoms with van der Waals surface area (Å²) in [5.41, 5.74) is 0.669. The third kappa shape index (κ3) is 3.09. The van der Waals surface area contributed by atoms with Crippen LogP contribution in [0.5, 0.6) is 0 Å². The molecular formula is C15H19N5O2. The van der Waals surface area contributed by atoms with Crippen molar-refractivity contribution in [1.82, 2.24) is 19.7 Å². The molecule has 22 heavy (non-hydrogen) atoms. The first-order valence-electron chi connectivity index (χ1n) is 7.39. The molecule has 0 saturated carbocycles. The molecular weight excluding hydrogens is 282 g/mol. The average Bonchev–Trinajstić information content (AvgIpc) is 3.10. The van der Waals surface area contributed by atoms with E-state index in [0.717, 1.165) is 6.42 Å². The van der Waals surface area contributed by atoms with Crippen LogP contribution in [0.15, 0.2) is 36.8 Å². The fraction of sp³-hybridized carbons (Fsp3) is 0.400. The van der Waals surface area contributed by atoms with E-state index in [0.29, 0.717) is 31.3 Å². The van der Waals surface area contributed by atoms with Crippen LogP contribution >= 0.6 is 0 Å². The number of carbonyl (C=O) groups is 1. The van der Waals surface area contributed by atoms with Crippen LogP contribution in [0.4, 0.5) is 10.5 Å². The Balaban J connectivity index is 1.66. The number of aromatic nitrogens is 3. The Morgan fingerprint density at radius 2 is 2.41 bits per heavy atom. The normalized spacial score (nSPS) is 18.2. The van der Waals surface area contributed by atoms with Gasteiger partial charge in [-0.3, -0.25) is 0 Å². The van der Waals surface area contributed by atoms with Gasteiger partial charge >= 0.3 is 6.03 Å². The number of morpholine rings is 1. The lowest BCUT2D eigenvalue weighted by Crippen LogP contribution is -2.50. The number of nitrogens with zero attached hydrogens (tertiary/aromatic N) is 4. The molecule has 2 aromatic heterocycles. The van der Waals surface area contributed by atoms with Gasteiger partial charge in [0, 0.05) is 18.9 Å². The number of hydrogen-bond acceptors (Lipinski definition) is 4. The molecule has 3 rings (SSSR count). The molecule has 3 heterocycles. The molecule has 0 aliphatic carbocycles. The molecule has 1 aliphatic heterocycles. The van der Waals surface area contributed by atoms with Crippen molar-refractivity contribution in [1.29, 1.82) is 0 Å². The van der Waals surface area contributed by atoms with Crippen molar-refractivity contribution in [2.24, 2.45) is 0 Å². The molecule has 1 N–H and O–H groups in total. The van der Waals surface area contributed by atoms with E-state index >= 15 is 0 Å². The number of hydrogen-bond donors (Lipinski definition) is 1. The van der Waals surface area contributed by atoms with Crippen molar-refractivity contribution >= 4 is 11.7 Å². The number of amides is 2. The fourth-order valence-electron chi connectivity index (χ4n) is 2.46. The molecule has 7 nitrogen and oxygen atoms in total. The van der Waals surface area contributed by atoms with Crippen LogP contribution < -0.4 is 5.32 Å². The lowest BCUT2D eigenvalue weighted by Gasteiger charge is -2.34. The molecule has 0 radical (unpaired) electrons. The quantitative estimate of drug-likeness (QED) is 0.940. The van der Waals surface area contributed by atoms with Crippen LogP contribution in [0.3, 0.4) is 0 Å². The van der Waals surface area contributed by atoms with E-state index in [1.807, 2.05) is 29.3 Å². The summed E-state index contributed by atoms with van der Waals surface area (Å²) in [6.45, 7) is 3.85. The van der Waals surface area contributed by atoms with Gasteiger partial charge in [-0.15, -0.1) is 0 Å². The molecule has 0 bridgehead atoms. The summed E-state index contributed by atoms with van der Waals surface area (Å²) in [6.07, 6.45) is 6.03. The molecule has 0 spiro atoms. The zero-order valence-corrected chi connectivity index (χ0v) is 12.5. The fourth-order valence-corrected chi connectivity index (χ4v) is 2.46. The Morgan fingerprint density at radius 1 is 1.50 bits per heavy atom. The number of ether oxygens (including phenoxy) is 1. The Labute approximate surface area is 128 Å². The van der Waals surface area contributed by atoms with Gasteiger partial charge in [-0.1, -0.05) is 6.92 Å². The molecule has 1 fully saturated rings. The van der Waals surface area contributed by atoms with Crippen molar-refractivity contribution < 1.29 is 9.53 Å². The van der Waals surface area contributed by atoms with Gasteiger partial charge in [0.15, 0.2) is 5.82 Å². The molecule has 2 aromatic rings. The van der Waals surface area contributed by atoms with Crippen LogP contribution in [0.25, 0.3) is 5.82 Å². The summed E-state index contributed by atoms with van der Waals surface area (Å²) in [5, 5.41) is 7.00.